The number of aromatic nitrogens is 3. The molecule has 0 aliphatic rings. The van der Waals surface area contributed by atoms with Gasteiger partial charge in [0.15, 0.2) is 5.65 Å². The highest BCUT2D eigenvalue weighted by Crippen LogP contribution is 2.34. The third kappa shape index (κ3) is 4.80. The van der Waals surface area contributed by atoms with E-state index in [1.54, 1.807) is 12.1 Å². The van der Waals surface area contributed by atoms with Crippen molar-refractivity contribution in [2.45, 2.75) is 19.0 Å². The van der Waals surface area contributed by atoms with Crippen LogP contribution in [0.3, 0.4) is 0 Å². The van der Waals surface area contributed by atoms with Gasteiger partial charge in [-0.3, -0.25) is 4.79 Å². The van der Waals surface area contributed by atoms with E-state index in [-0.39, 0.29) is 28.2 Å². The van der Waals surface area contributed by atoms with E-state index in [1.807, 2.05) is 0 Å². The third-order valence-electron chi connectivity index (χ3n) is 5.52. The zero-order valence-electron chi connectivity index (χ0n) is 18.7. The first-order valence-corrected chi connectivity index (χ1v) is 10.5. The number of fused-ring (bicyclic) bond motifs is 1. The van der Waals surface area contributed by atoms with Gasteiger partial charge in [0.25, 0.3) is 11.8 Å². The molecule has 3 N–H and O–H groups in total. The summed E-state index contributed by atoms with van der Waals surface area (Å²) in [5, 5.41) is 6.05. The maximum atomic E-state index is 15.4. The van der Waals surface area contributed by atoms with Crippen molar-refractivity contribution in [3.05, 3.63) is 83.1 Å². The average molecular weight is 487 g/mol. The molecule has 1 amide bonds. The molecule has 4 aromatic rings. The number of benzene rings is 2. The third-order valence-corrected chi connectivity index (χ3v) is 5.52. The van der Waals surface area contributed by atoms with E-state index < -0.39 is 36.1 Å². The van der Waals surface area contributed by atoms with Crippen molar-refractivity contribution in [2.24, 2.45) is 0 Å². The van der Waals surface area contributed by atoms with Gasteiger partial charge < -0.3 is 15.8 Å². The zero-order chi connectivity index (χ0) is 25.3. The number of amides is 1. The summed E-state index contributed by atoms with van der Waals surface area (Å²) in [6.07, 6.45) is -0.212. The van der Waals surface area contributed by atoms with Crippen LogP contribution in [0.15, 0.2) is 54.7 Å². The first-order valence-electron chi connectivity index (χ1n) is 10.5. The molecule has 4 rings (SSSR count). The Hall–Kier alpha value is -3.99. The minimum atomic E-state index is -3.57. The van der Waals surface area contributed by atoms with E-state index in [9.17, 15) is 18.0 Å². The van der Waals surface area contributed by atoms with Gasteiger partial charge in [-0.15, -0.1) is 5.10 Å². The molecular formula is C24H21F4N5O2. The van der Waals surface area contributed by atoms with E-state index in [0.717, 1.165) is 19.2 Å². The number of nitrogen functional groups attached to an aromatic ring is 1. The summed E-state index contributed by atoms with van der Waals surface area (Å²) in [6, 6.07) is 10.5. The zero-order valence-corrected chi connectivity index (χ0v) is 18.7. The number of alkyl halides is 2. The molecule has 2 heterocycles. The Morgan fingerprint density at radius 1 is 1.17 bits per heavy atom. The lowest BCUT2D eigenvalue weighted by Gasteiger charge is -2.26. The normalized spacial score (nSPS) is 12.6. The summed E-state index contributed by atoms with van der Waals surface area (Å²) in [7, 11) is 1.08. The van der Waals surface area contributed by atoms with Crippen LogP contribution in [-0.2, 0) is 4.74 Å². The summed E-state index contributed by atoms with van der Waals surface area (Å²) in [5.74, 6) is -5.99. The molecule has 1 unspecified atom stereocenters. The van der Waals surface area contributed by atoms with Gasteiger partial charge in [0, 0.05) is 18.9 Å². The van der Waals surface area contributed by atoms with Crippen LogP contribution in [0.4, 0.5) is 23.5 Å². The van der Waals surface area contributed by atoms with Gasteiger partial charge in [-0.05, 0) is 47.9 Å². The standard InChI is InChI=1S/C24H21F4N5O2/c1-13-3-8-17(15-9-10-33-18(11-15)31-23(29)32-33)20(26)19(13)22(34)30-12-24(27,28)21(35-2)14-4-6-16(25)7-5-14/h3-11,21H,12H2,1-2H3,(H2,29,32)(H,30,34). The fraction of sp³-hybridized carbons (Fsp3) is 0.208. The summed E-state index contributed by atoms with van der Waals surface area (Å²) in [6.45, 7) is 0.370. The van der Waals surface area contributed by atoms with Crippen molar-refractivity contribution in [3.8, 4) is 11.1 Å². The number of nitrogens with one attached hydrogen (secondary N) is 1. The molecule has 0 aliphatic heterocycles. The molecule has 1 atom stereocenters. The van der Waals surface area contributed by atoms with Crippen molar-refractivity contribution < 1.29 is 27.1 Å². The molecule has 2 aromatic carbocycles. The van der Waals surface area contributed by atoms with Crippen LogP contribution in [0, 0.1) is 18.6 Å². The lowest BCUT2D eigenvalue weighted by molar-refractivity contribution is -0.123. The molecule has 35 heavy (non-hydrogen) atoms. The topological polar surface area (TPSA) is 94.5 Å². The maximum Gasteiger partial charge on any atom is 0.294 e. The van der Waals surface area contributed by atoms with Crippen LogP contribution < -0.4 is 11.1 Å². The number of rotatable bonds is 7. The number of anilines is 1. The van der Waals surface area contributed by atoms with E-state index in [0.29, 0.717) is 11.2 Å². The van der Waals surface area contributed by atoms with Crippen molar-refractivity contribution in [1.82, 2.24) is 19.9 Å². The number of nitrogens with zero attached hydrogens (tertiary/aromatic N) is 3. The summed E-state index contributed by atoms with van der Waals surface area (Å²) >= 11 is 0. The Balaban J connectivity index is 1.58. The predicted molar refractivity (Wildman–Crippen MR) is 121 cm³/mol. The van der Waals surface area contributed by atoms with Crippen molar-refractivity contribution in [3.63, 3.8) is 0 Å². The molecule has 0 fully saturated rings. The Kier molecular flexibility index (Phi) is 6.44. The Labute approximate surface area is 197 Å². The van der Waals surface area contributed by atoms with E-state index in [2.05, 4.69) is 15.4 Å². The molecule has 182 valence electrons. The fourth-order valence-electron chi connectivity index (χ4n) is 3.81. The Bertz CT molecular complexity index is 1390. The van der Waals surface area contributed by atoms with E-state index >= 15 is 4.39 Å². The highest BCUT2D eigenvalue weighted by Gasteiger charge is 2.41. The molecule has 0 aliphatic carbocycles. The SMILES string of the molecule is COC(c1ccc(F)cc1)C(F)(F)CNC(=O)c1c(C)ccc(-c2ccn3nc(N)nc3c2)c1F. The molecule has 2 aromatic heterocycles. The van der Waals surface area contributed by atoms with Crippen LogP contribution in [0.2, 0.25) is 0 Å². The summed E-state index contributed by atoms with van der Waals surface area (Å²) in [5.41, 5.74) is 6.36. The van der Waals surface area contributed by atoms with Crippen LogP contribution in [0.25, 0.3) is 16.8 Å². The fourth-order valence-corrected chi connectivity index (χ4v) is 3.81. The molecule has 0 saturated heterocycles. The Morgan fingerprint density at radius 3 is 2.57 bits per heavy atom. The molecule has 0 bridgehead atoms. The van der Waals surface area contributed by atoms with E-state index in [4.69, 9.17) is 10.5 Å². The summed E-state index contributed by atoms with van der Waals surface area (Å²) in [4.78, 5) is 16.8. The summed E-state index contributed by atoms with van der Waals surface area (Å²) < 4.78 is 64.7. The number of nitrogens with two attached hydrogens (primary N) is 1. The Morgan fingerprint density at radius 2 is 1.89 bits per heavy atom. The number of methoxy groups -OCH3 is 1. The minimum absolute atomic E-state index is 0.0296. The first kappa shape index (κ1) is 24.1. The number of carbonyl (C=O) groups excluding carboxylic acids is 1. The quantitative estimate of drug-likeness (QED) is 0.379. The first-order chi connectivity index (χ1) is 16.6. The second-order valence-electron chi connectivity index (χ2n) is 7.92. The van der Waals surface area contributed by atoms with Crippen molar-refractivity contribution >= 4 is 17.5 Å². The minimum Gasteiger partial charge on any atom is -0.370 e. The van der Waals surface area contributed by atoms with Gasteiger partial charge in [0.05, 0.1) is 12.1 Å². The van der Waals surface area contributed by atoms with Crippen LogP contribution in [-0.4, -0.2) is 40.1 Å². The van der Waals surface area contributed by atoms with Gasteiger partial charge in [0.1, 0.15) is 17.7 Å². The largest absolute Gasteiger partial charge is 0.370 e. The predicted octanol–water partition coefficient (Wildman–Crippen LogP) is 4.32. The van der Waals surface area contributed by atoms with Gasteiger partial charge >= 0.3 is 0 Å². The number of ether oxygens (including phenoxy) is 1. The monoisotopic (exact) mass is 487 g/mol. The highest BCUT2D eigenvalue weighted by molar-refractivity contribution is 5.97. The van der Waals surface area contributed by atoms with Crippen LogP contribution in [0.1, 0.15) is 27.6 Å². The number of carbonyl (C=O) groups is 1. The maximum absolute atomic E-state index is 15.4. The lowest BCUT2D eigenvalue weighted by atomic mass is 9.98. The van der Waals surface area contributed by atoms with Crippen molar-refractivity contribution in [2.75, 3.05) is 19.4 Å². The molecule has 11 heteroatoms. The molecule has 0 radical (unpaired) electrons. The van der Waals surface area contributed by atoms with Gasteiger partial charge in [-0.1, -0.05) is 24.3 Å². The number of pyridine rings is 1. The number of aryl methyl sites for hydroxylation is 1. The number of hydrogen-bond acceptors (Lipinski definition) is 5. The van der Waals surface area contributed by atoms with Gasteiger partial charge in [0.2, 0.25) is 5.95 Å². The van der Waals surface area contributed by atoms with E-state index in [1.165, 1.54) is 41.9 Å². The van der Waals surface area contributed by atoms with Crippen LogP contribution >= 0.6 is 0 Å². The number of halogens is 4. The second-order valence-corrected chi connectivity index (χ2v) is 7.92. The smallest absolute Gasteiger partial charge is 0.294 e. The molecule has 7 nitrogen and oxygen atoms in total. The second kappa shape index (κ2) is 9.34. The number of hydrogen-bond donors (Lipinski definition) is 2. The lowest BCUT2D eigenvalue weighted by Crippen LogP contribution is -2.41. The average Bonchev–Trinajstić information content (AvgIpc) is 3.18. The van der Waals surface area contributed by atoms with Gasteiger partial charge in [-0.25, -0.2) is 22.1 Å². The molecule has 0 saturated carbocycles. The molecular weight excluding hydrogens is 466 g/mol. The van der Waals surface area contributed by atoms with Gasteiger partial charge in [-0.2, -0.15) is 4.98 Å². The van der Waals surface area contributed by atoms with Crippen LogP contribution in [0.5, 0.6) is 0 Å². The highest BCUT2D eigenvalue weighted by atomic mass is 19.3. The molecule has 0 spiro atoms. The van der Waals surface area contributed by atoms with Crippen molar-refractivity contribution in [1.29, 1.82) is 0 Å².